The van der Waals surface area contributed by atoms with Crippen LogP contribution in [0.15, 0.2) is 21.9 Å². The Hall–Kier alpha value is -0.950. The molecular formula is C21H36IN4O8P. The Morgan fingerprint density at radius 1 is 1.11 bits per heavy atom. The minimum Gasteiger partial charge on any atom is -0.382 e. The molecule has 0 amide bonds. The molecular weight excluding hydrogens is 594 g/mol. The predicted octanol–water partition coefficient (Wildman–Crippen LogP) is 2.74. The third-order valence-electron chi connectivity index (χ3n) is 4.49. The summed E-state index contributed by atoms with van der Waals surface area (Å²) in [7, 11) is 0.0758. The molecule has 0 aliphatic carbocycles. The molecule has 12 nitrogen and oxygen atoms in total. The lowest BCUT2D eigenvalue weighted by Gasteiger charge is -2.36. The Morgan fingerprint density at radius 2 is 1.83 bits per heavy atom. The molecule has 0 fully saturated rings. The van der Waals surface area contributed by atoms with Crippen molar-refractivity contribution in [1.82, 2.24) is 14.2 Å². The molecule has 3 atom stereocenters. The first kappa shape index (κ1) is 32.1. The maximum Gasteiger partial charge on any atom is 0.330 e. The molecule has 0 spiro atoms. The van der Waals surface area contributed by atoms with Crippen LogP contribution in [0.3, 0.4) is 0 Å². The van der Waals surface area contributed by atoms with Gasteiger partial charge >= 0.3 is 5.69 Å². The van der Waals surface area contributed by atoms with Gasteiger partial charge < -0.3 is 26.3 Å². The standard InChI is InChI=1S/C21H36IN4O8P/c1-16(2)26(17(3)4)35(32-10-6-8-23)33-14-18(13-31-22)34-20(15-30-12-11-29-5)25-9-7-19(27)24-21(25)28/h7,9,16-18,20H,6,10-15H2,1-5H3,(H,24,27,28). The highest BCUT2D eigenvalue weighted by atomic mass is 127. The Morgan fingerprint density at radius 3 is 2.40 bits per heavy atom. The van der Waals surface area contributed by atoms with Crippen LogP contribution in [0.1, 0.15) is 40.3 Å². The minimum absolute atomic E-state index is 0.0323. The van der Waals surface area contributed by atoms with Crippen LogP contribution >= 0.6 is 31.5 Å². The van der Waals surface area contributed by atoms with E-state index >= 15 is 0 Å². The van der Waals surface area contributed by atoms with Crippen molar-refractivity contribution in [3.8, 4) is 6.07 Å². The summed E-state index contributed by atoms with van der Waals surface area (Å²) >= 11 is 1.76. The van der Waals surface area contributed by atoms with E-state index < -0.39 is 32.1 Å². The molecule has 0 aliphatic rings. The summed E-state index contributed by atoms with van der Waals surface area (Å²) in [5.74, 6) is 0. The van der Waals surface area contributed by atoms with Crippen molar-refractivity contribution in [2.75, 3.05) is 46.8 Å². The van der Waals surface area contributed by atoms with Crippen molar-refractivity contribution in [1.29, 1.82) is 5.26 Å². The second-order valence-electron chi connectivity index (χ2n) is 7.92. The van der Waals surface area contributed by atoms with Gasteiger partial charge in [-0.3, -0.25) is 14.3 Å². The van der Waals surface area contributed by atoms with Gasteiger partial charge in [0.1, 0.15) is 29.1 Å². The van der Waals surface area contributed by atoms with Crippen LogP contribution in [0.5, 0.6) is 0 Å². The third kappa shape index (κ3) is 12.2. The Balaban J connectivity index is 3.04. The lowest BCUT2D eigenvalue weighted by molar-refractivity contribution is -0.119. The van der Waals surface area contributed by atoms with Gasteiger partial charge in [0.25, 0.3) is 14.1 Å². The zero-order valence-electron chi connectivity index (χ0n) is 20.8. The van der Waals surface area contributed by atoms with Crippen LogP contribution in [0.2, 0.25) is 0 Å². The van der Waals surface area contributed by atoms with Gasteiger partial charge in [-0.15, -0.1) is 0 Å². The van der Waals surface area contributed by atoms with Gasteiger partial charge in [0, 0.05) is 31.5 Å². The zero-order chi connectivity index (χ0) is 26.2. The predicted molar refractivity (Wildman–Crippen MR) is 139 cm³/mol. The molecule has 0 bridgehead atoms. The van der Waals surface area contributed by atoms with Gasteiger partial charge in [-0.05, 0) is 27.7 Å². The fourth-order valence-corrected chi connectivity index (χ4v) is 5.08. The highest BCUT2D eigenvalue weighted by molar-refractivity contribution is 14.1. The molecule has 0 saturated carbocycles. The van der Waals surface area contributed by atoms with E-state index in [0.717, 1.165) is 0 Å². The Labute approximate surface area is 221 Å². The van der Waals surface area contributed by atoms with Crippen LogP contribution < -0.4 is 11.2 Å². The first-order chi connectivity index (χ1) is 16.7. The summed E-state index contributed by atoms with van der Waals surface area (Å²) in [6, 6.07) is 3.59. The van der Waals surface area contributed by atoms with E-state index in [1.54, 1.807) is 30.1 Å². The number of rotatable bonds is 19. The van der Waals surface area contributed by atoms with E-state index in [0.29, 0.717) is 13.2 Å². The van der Waals surface area contributed by atoms with Crippen LogP contribution in [0.4, 0.5) is 0 Å². The number of nitriles is 1. The van der Waals surface area contributed by atoms with Gasteiger partial charge in [0.05, 0.1) is 52.1 Å². The zero-order valence-corrected chi connectivity index (χ0v) is 23.9. The highest BCUT2D eigenvalue weighted by Crippen LogP contribution is 2.46. The normalized spacial score (nSPS) is 14.4. The van der Waals surface area contributed by atoms with Gasteiger partial charge in [-0.25, -0.2) is 9.46 Å². The third-order valence-corrected chi connectivity index (χ3v) is 6.92. The molecule has 0 saturated heterocycles. The van der Waals surface area contributed by atoms with Gasteiger partial charge in [0.15, 0.2) is 6.23 Å². The molecule has 1 aromatic heterocycles. The topological polar surface area (TPSA) is 137 Å². The molecule has 1 N–H and O–H groups in total. The van der Waals surface area contributed by atoms with E-state index in [9.17, 15) is 9.59 Å². The number of methoxy groups -OCH3 is 1. The maximum atomic E-state index is 12.4. The molecule has 200 valence electrons. The number of H-pyrrole nitrogens is 1. The minimum atomic E-state index is -1.48. The van der Waals surface area contributed by atoms with Crippen LogP contribution in [0, 0.1) is 11.3 Å². The highest BCUT2D eigenvalue weighted by Gasteiger charge is 2.29. The quantitative estimate of drug-likeness (QED) is 0.138. The summed E-state index contributed by atoms with van der Waals surface area (Å²) in [6.45, 7) is 9.40. The molecule has 1 rings (SSSR count). The van der Waals surface area contributed by atoms with Gasteiger partial charge in [-0.1, -0.05) is 0 Å². The monoisotopic (exact) mass is 630 g/mol. The maximum absolute atomic E-state index is 12.4. The van der Waals surface area contributed by atoms with E-state index in [4.69, 9.17) is 31.6 Å². The fraction of sp³-hybridized carbons (Fsp3) is 0.762. The van der Waals surface area contributed by atoms with Crippen molar-refractivity contribution < 1.29 is 26.3 Å². The molecule has 0 radical (unpaired) electrons. The number of aromatic nitrogens is 2. The number of halogens is 1. The Kier molecular flexibility index (Phi) is 16.8. The summed E-state index contributed by atoms with van der Waals surface area (Å²) in [6.07, 6.45) is 0.158. The summed E-state index contributed by atoms with van der Waals surface area (Å²) in [5, 5.41) is 8.89. The fourth-order valence-electron chi connectivity index (χ4n) is 3.05. The molecule has 1 heterocycles. The second-order valence-corrected chi connectivity index (χ2v) is 9.99. The lowest BCUT2D eigenvalue weighted by Crippen LogP contribution is -2.38. The lowest BCUT2D eigenvalue weighted by atomic mass is 10.3. The van der Waals surface area contributed by atoms with Gasteiger partial charge in [0.2, 0.25) is 0 Å². The largest absolute Gasteiger partial charge is 0.382 e. The van der Waals surface area contributed by atoms with Crippen LogP contribution in [0.25, 0.3) is 0 Å². The number of aromatic amines is 1. The van der Waals surface area contributed by atoms with Crippen molar-refractivity contribution in [3.05, 3.63) is 33.1 Å². The van der Waals surface area contributed by atoms with E-state index in [1.807, 2.05) is 27.7 Å². The first-order valence-corrected chi connectivity index (χ1v) is 13.2. The van der Waals surface area contributed by atoms with Crippen molar-refractivity contribution in [2.24, 2.45) is 0 Å². The van der Waals surface area contributed by atoms with E-state index in [1.165, 1.54) is 16.8 Å². The van der Waals surface area contributed by atoms with Crippen molar-refractivity contribution in [3.63, 3.8) is 0 Å². The smallest absolute Gasteiger partial charge is 0.330 e. The van der Waals surface area contributed by atoms with Crippen LogP contribution in [-0.2, 0) is 26.3 Å². The van der Waals surface area contributed by atoms with Crippen molar-refractivity contribution in [2.45, 2.75) is 58.5 Å². The summed E-state index contributed by atoms with van der Waals surface area (Å²) < 4.78 is 37.5. The number of hydrogen-bond donors (Lipinski definition) is 1. The molecule has 3 unspecified atom stereocenters. The second kappa shape index (κ2) is 18.3. The van der Waals surface area contributed by atoms with Gasteiger partial charge in [-0.2, -0.15) is 5.26 Å². The molecule has 14 heteroatoms. The average Bonchev–Trinajstić information content (AvgIpc) is 2.79. The first-order valence-electron chi connectivity index (χ1n) is 11.2. The number of nitrogens with one attached hydrogen (secondary N) is 1. The molecule has 0 aliphatic heterocycles. The SMILES string of the molecule is COCCOCC(OC(COI)COP(OCCC#N)N(C(C)C)C(C)C)n1ccc(=O)[nH]c1=O. The molecule has 1 aromatic rings. The molecule has 35 heavy (non-hydrogen) atoms. The molecule has 0 aromatic carbocycles. The average molecular weight is 630 g/mol. The number of ether oxygens (including phenoxy) is 3. The number of nitrogens with zero attached hydrogens (tertiary/aromatic N) is 3. The van der Waals surface area contributed by atoms with E-state index in [-0.39, 0.29) is 44.9 Å². The van der Waals surface area contributed by atoms with Crippen molar-refractivity contribution >= 4 is 31.5 Å². The summed E-state index contributed by atoms with van der Waals surface area (Å²) in [5.41, 5.74) is -1.14. The Bertz CT molecular complexity index is 855. The van der Waals surface area contributed by atoms with E-state index in [2.05, 4.69) is 15.7 Å². The number of hydrogen-bond acceptors (Lipinski definition) is 10. The summed E-state index contributed by atoms with van der Waals surface area (Å²) in [4.78, 5) is 26.1. The van der Waals surface area contributed by atoms with Crippen LogP contribution in [-0.4, -0.2) is 79.2 Å².